The Kier molecular flexibility index (Phi) is 5.52. The van der Waals surface area contributed by atoms with Gasteiger partial charge < -0.3 is 10.1 Å². The van der Waals surface area contributed by atoms with Gasteiger partial charge in [-0.1, -0.05) is 42.5 Å². The average Bonchev–Trinajstić information content (AvgIpc) is 2.54. The summed E-state index contributed by atoms with van der Waals surface area (Å²) >= 11 is 0. The lowest BCUT2D eigenvalue weighted by Crippen LogP contribution is -2.18. The molecule has 1 N–H and O–H groups in total. The van der Waals surface area contributed by atoms with E-state index in [-0.39, 0.29) is 12.0 Å². The van der Waals surface area contributed by atoms with Crippen LogP contribution in [0.2, 0.25) is 0 Å². The summed E-state index contributed by atoms with van der Waals surface area (Å²) < 4.78 is 4.97. The van der Waals surface area contributed by atoms with Gasteiger partial charge in [0.15, 0.2) is 0 Å². The molecular weight excluding hydrogens is 262 g/mol. The fraction of sp³-hybridized carbons (Fsp3) is 0.278. The van der Waals surface area contributed by atoms with Crippen LogP contribution >= 0.6 is 0 Å². The second-order valence-corrected chi connectivity index (χ2v) is 4.93. The van der Waals surface area contributed by atoms with Gasteiger partial charge in [-0.25, -0.2) is 4.79 Å². The van der Waals surface area contributed by atoms with Crippen molar-refractivity contribution in [2.24, 2.45) is 0 Å². The minimum Gasteiger partial charge on any atom is -0.462 e. The highest BCUT2D eigenvalue weighted by Crippen LogP contribution is 2.13. The molecule has 0 amide bonds. The molecule has 3 nitrogen and oxygen atoms in total. The fourth-order valence-electron chi connectivity index (χ4n) is 2.10. The van der Waals surface area contributed by atoms with Gasteiger partial charge in [-0.3, -0.25) is 0 Å². The van der Waals surface area contributed by atoms with Crippen LogP contribution in [0.15, 0.2) is 54.6 Å². The van der Waals surface area contributed by atoms with Crippen molar-refractivity contribution in [2.45, 2.75) is 26.4 Å². The van der Waals surface area contributed by atoms with E-state index in [4.69, 9.17) is 4.74 Å². The Morgan fingerprint density at radius 2 is 1.76 bits per heavy atom. The Morgan fingerprint density at radius 1 is 1.10 bits per heavy atom. The lowest BCUT2D eigenvalue weighted by molar-refractivity contribution is 0.0526. The number of carbonyl (C=O) groups excluding carboxylic acids is 1. The van der Waals surface area contributed by atoms with Gasteiger partial charge in [-0.05, 0) is 37.1 Å². The SMILES string of the molecule is CCOC(=O)c1ccc(CN[C@@H](C)c2ccccc2)cc1. The normalized spacial score (nSPS) is 11.9. The van der Waals surface area contributed by atoms with E-state index in [9.17, 15) is 4.79 Å². The molecule has 0 saturated carbocycles. The summed E-state index contributed by atoms with van der Waals surface area (Å²) in [5.74, 6) is -0.269. The summed E-state index contributed by atoms with van der Waals surface area (Å²) in [6, 6.07) is 18.1. The highest BCUT2D eigenvalue weighted by molar-refractivity contribution is 5.89. The van der Waals surface area contributed by atoms with Gasteiger partial charge in [-0.2, -0.15) is 0 Å². The van der Waals surface area contributed by atoms with Crippen LogP contribution < -0.4 is 5.32 Å². The number of hydrogen-bond donors (Lipinski definition) is 1. The summed E-state index contributed by atoms with van der Waals surface area (Å²) in [7, 11) is 0. The molecular formula is C18H21NO2. The molecule has 3 heteroatoms. The zero-order chi connectivity index (χ0) is 15.1. The number of rotatable bonds is 6. The summed E-state index contributed by atoms with van der Waals surface area (Å²) in [5, 5.41) is 3.47. The van der Waals surface area contributed by atoms with Crippen LogP contribution in [-0.2, 0) is 11.3 Å². The number of nitrogens with one attached hydrogen (secondary N) is 1. The predicted molar refractivity (Wildman–Crippen MR) is 84.1 cm³/mol. The second kappa shape index (κ2) is 7.60. The maximum absolute atomic E-state index is 11.6. The fourth-order valence-corrected chi connectivity index (χ4v) is 2.10. The van der Waals surface area contributed by atoms with Gasteiger partial charge in [0, 0.05) is 12.6 Å². The molecule has 0 fully saturated rings. The molecule has 2 rings (SSSR count). The van der Waals surface area contributed by atoms with Crippen LogP contribution in [0.1, 0.15) is 41.4 Å². The third-order valence-electron chi connectivity index (χ3n) is 3.38. The Hall–Kier alpha value is -2.13. The molecule has 0 saturated heterocycles. The molecule has 0 bridgehead atoms. The number of ether oxygens (including phenoxy) is 1. The highest BCUT2D eigenvalue weighted by atomic mass is 16.5. The van der Waals surface area contributed by atoms with Crippen molar-refractivity contribution in [3.05, 3.63) is 71.3 Å². The third-order valence-corrected chi connectivity index (χ3v) is 3.38. The lowest BCUT2D eigenvalue weighted by atomic mass is 10.1. The lowest BCUT2D eigenvalue weighted by Gasteiger charge is -2.14. The van der Waals surface area contributed by atoms with Crippen molar-refractivity contribution in [2.75, 3.05) is 6.61 Å². The van der Waals surface area contributed by atoms with Gasteiger partial charge in [0.05, 0.1) is 12.2 Å². The minimum absolute atomic E-state index is 0.269. The molecule has 2 aromatic carbocycles. The first-order valence-corrected chi connectivity index (χ1v) is 7.25. The van der Waals surface area contributed by atoms with Crippen LogP contribution in [0.5, 0.6) is 0 Å². The zero-order valence-corrected chi connectivity index (χ0v) is 12.5. The smallest absolute Gasteiger partial charge is 0.338 e. The van der Waals surface area contributed by atoms with Crippen LogP contribution in [0.4, 0.5) is 0 Å². The van der Waals surface area contributed by atoms with E-state index in [1.165, 1.54) is 5.56 Å². The molecule has 21 heavy (non-hydrogen) atoms. The van der Waals surface area contributed by atoms with Gasteiger partial charge in [0.1, 0.15) is 0 Å². The number of carbonyl (C=O) groups is 1. The molecule has 0 unspecified atom stereocenters. The summed E-state index contributed by atoms with van der Waals surface area (Å²) in [6.07, 6.45) is 0. The Labute approximate surface area is 126 Å². The monoisotopic (exact) mass is 283 g/mol. The zero-order valence-electron chi connectivity index (χ0n) is 12.5. The van der Waals surface area contributed by atoms with Gasteiger partial charge >= 0.3 is 5.97 Å². The number of esters is 1. The topological polar surface area (TPSA) is 38.3 Å². The van der Waals surface area contributed by atoms with Crippen LogP contribution in [-0.4, -0.2) is 12.6 Å². The predicted octanol–water partition coefficient (Wildman–Crippen LogP) is 3.71. The van der Waals surface area contributed by atoms with Crippen molar-refractivity contribution >= 4 is 5.97 Å². The summed E-state index contributed by atoms with van der Waals surface area (Å²) in [4.78, 5) is 11.6. The third kappa shape index (κ3) is 4.43. The first-order valence-electron chi connectivity index (χ1n) is 7.25. The van der Waals surface area contributed by atoms with Gasteiger partial charge in [0.2, 0.25) is 0 Å². The Morgan fingerprint density at radius 3 is 2.38 bits per heavy atom. The molecule has 0 spiro atoms. The molecule has 0 aliphatic carbocycles. The summed E-state index contributed by atoms with van der Waals surface area (Å²) in [6.45, 7) is 5.11. The van der Waals surface area contributed by atoms with Crippen LogP contribution in [0, 0.1) is 0 Å². The van der Waals surface area contributed by atoms with Crippen molar-refractivity contribution in [1.82, 2.24) is 5.32 Å². The van der Waals surface area contributed by atoms with E-state index in [0.717, 1.165) is 12.1 Å². The molecule has 2 aromatic rings. The van der Waals surface area contributed by atoms with Crippen molar-refractivity contribution in [1.29, 1.82) is 0 Å². The van der Waals surface area contributed by atoms with E-state index in [2.05, 4.69) is 24.4 Å². The molecule has 1 atom stereocenters. The van der Waals surface area contributed by atoms with E-state index >= 15 is 0 Å². The van der Waals surface area contributed by atoms with Crippen molar-refractivity contribution in [3.63, 3.8) is 0 Å². The number of benzene rings is 2. The molecule has 0 aromatic heterocycles. The minimum atomic E-state index is -0.269. The van der Waals surface area contributed by atoms with Gasteiger partial charge in [0.25, 0.3) is 0 Å². The van der Waals surface area contributed by atoms with Crippen LogP contribution in [0.25, 0.3) is 0 Å². The Balaban J connectivity index is 1.90. The quantitative estimate of drug-likeness (QED) is 0.821. The van der Waals surface area contributed by atoms with E-state index in [0.29, 0.717) is 12.2 Å². The van der Waals surface area contributed by atoms with Crippen LogP contribution in [0.3, 0.4) is 0 Å². The maximum atomic E-state index is 11.6. The average molecular weight is 283 g/mol. The first-order chi connectivity index (χ1) is 10.2. The first kappa shape index (κ1) is 15.3. The van der Waals surface area contributed by atoms with E-state index in [1.807, 2.05) is 42.5 Å². The van der Waals surface area contributed by atoms with E-state index in [1.54, 1.807) is 6.92 Å². The molecule has 0 aliphatic rings. The second-order valence-electron chi connectivity index (χ2n) is 4.93. The van der Waals surface area contributed by atoms with Crippen molar-refractivity contribution < 1.29 is 9.53 Å². The van der Waals surface area contributed by atoms with Gasteiger partial charge in [-0.15, -0.1) is 0 Å². The molecule has 110 valence electrons. The maximum Gasteiger partial charge on any atom is 0.338 e. The largest absolute Gasteiger partial charge is 0.462 e. The molecule has 0 aliphatic heterocycles. The highest BCUT2D eigenvalue weighted by Gasteiger charge is 2.07. The van der Waals surface area contributed by atoms with E-state index < -0.39 is 0 Å². The Bertz CT molecular complexity index is 564. The van der Waals surface area contributed by atoms with Crippen molar-refractivity contribution in [3.8, 4) is 0 Å². The summed E-state index contributed by atoms with van der Waals surface area (Å²) in [5.41, 5.74) is 3.00. The molecule has 0 heterocycles. The molecule has 0 radical (unpaired) electrons. The number of hydrogen-bond acceptors (Lipinski definition) is 3. The standard InChI is InChI=1S/C18H21NO2/c1-3-21-18(20)17-11-9-15(10-12-17)13-19-14(2)16-7-5-4-6-8-16/h4-12,14,19H,3,13H2,1-2H3/t14-/m0/s1.